The highest BCUT2D eigenvalue weighted by Gasteiger charge is 2.35. The van der Waals surface area contributed by atoms with Gasteiger partial charge in [-0.2, -0.15) is 5.10 Å². The molecule has 2 aliphatic heterocycles. The molecule has 0 bridgehead atoms. The number of hydrogen-bond donors (Lipinski definition) is 1. The summed E-state index contributed by atoms with van der Waals surface area (Å²) >= 11 is 3.52. The third-order valence-corrected chi connectivity index (χ3v) is 5.78. The van der Waals surface area contributed by atoms with E-state index in [1.165, 1.54) is 25.7 Å². The predicted octanol–water partition coefficient (Wildman–Crippen LogP) is 1.60. The highest BCUT2D eigenvalue weighted by Crippen LogP contribution is 2.32. The number of nitrogens with one attached hydrogen (secondary N) is 1. The minimum Gasteiger partial charge on any atom is -0.367 e. The van der Waals surface area contributed by atoms with Gasteiger partial charge in [-0.3, -0.25) is 4.79 Å². The summed E-state index contributed by atoms with van der Waals surface area (Å²) in [5.74, 6) is 1.37. The monoisotopic (exact) mass is 352 g/mol. The summed E-state index contributed by atoms with van der Waals surface area (Å²) in [6.45, 7) is 3.91. The standard InChI is InChI=1S/C15H21BrN4O/c16-14-13(6-18-20(15(14)21)7-10-3-4-10)19-8-11-2-1-5-17-12(11)9-19/h6,10-12,17H,1-5,7-9H2/t11-,12+/m0/s1. The molecule has 0 amide bonds. The summed E-state index contributed by atoms with van der Waals surface area (Å²) in [4.78, 5) is 14.7. The molecule has 0 spiro atoms. The second-order valence-corrected chi connectivity index (χ2v) is 7.44. The molecule has 0 radical (unpaired) electrons. The third kappa shape index (κ3) is 2.63. The second-order valence-electron chi connectivity index (χ2n) is 6.64. The molecule has 114 valence electrons. The molecule has 3 heterocycles. The van der Waals surface area contributed by atoms with Gasteiger partial charge < -0.3 is 10.2 Å². The predicted molar refractivity (Wildman–Crippen MR) is 85.6 cm³/mol. The molecular formula is C15H21BrN4O. The Morgan fingerprint density at radius 1 is 1.33 bits per heavy atom. The Morgan fingerprint density at radius 2 is 2.19 bits per heavy atom. The number of piperidine rings is 1. The van der Waals surface area contributed by atoms with E-state index in [1.54, 1.807) is 4.68 Å². The smallest absolute Gasteiger partial charge is 0.283 e. The van der Waals surface area contributed by atoms with Crippen molar-refractivity contribution in [3.8, 4) is 0 Å². The summed E-state index contributed by atoms with van der Waals surface area (Å²) in [5, 5.41) is 7.99. The molecule has 3 fully saturated rings. The third-order valence-electron chi connectivity index (χ3n) is 5.03. The molecule has 2 saturated heterocycles. The number of aromatic nitrogens is 2. The fourth-order valence-corrected chi connectivity index (χ4v) is 4.15. The van der Waals surface area contributed by atoms with Gasteiger partial charge in [0.15, 0.2) is 0 Å². The second kappa shape index (κ2) is 5.39. The van der Waals surface area contributed by atoms with Crippen LogP contribution in [0.3, 0.4) is 0 Å². The van der Waals surface area contributed by atoms with Crippen LogP contribution < -0.4 is 15.8 Å². The molecule has 1 aliphatic carbocycles. The Hall–Kier alpha value is -0.880. The van der Waals surface area contributed by atoms with Crippen molar-refractivity contribution >= 4 is 21.6 Å². The van der Waals surface area contributed by atoms with Crippen molar-refractivity contribution in [2.24, 2.45) is 11.8 Å². The van der Waals surface area contributed by atoms with E-state index in [9.17, 15) is 4.79 Å². The van der Waals surface area contributed by atoms with Crippen LogP contribution >= 0.6 is 15.9 Å². The van der Waals surface area contributed by atoms with Gasteiger partial charge in [0, 0.05) is 25.7 Å². The molecule has 2 atom stereocenters. The lowest BCUT2D eigenvalue weighted by molar-refractivity contribution is 0.340. The summed E-state index contributed by atoms with van der Waals surface area (Å²) in [6.07, 6.45) is 6.88. The zero-order chi connectivity index (χ0) is 14.4. The lowest BCUT2D eigenvalue weighted by Gasteiger charge is -2.24. The van der Waals surface area contributed by atoms with Crippen LogP contribution in [0.2, 0.25) is 0 Å². The Bertz CT molecular complexity index is 584. The molecule has 4 rings (SSSR count). The van der Waals surface area contributed by atoms with Gasteiger partial charge >= 0.3 is 0 Å². The first-order chi connectivity index (χ1) is 10.2. The topological polar surface area (TPSA) is 50.2 Å². The maximum atomic E-state index is 12.4. The average Bonchev–Trinajstić information content (AvgIpc) is 3.20. The van der Waals surface area contributed by atoms with Crippen LogP contribution in [-0.2, 0) is 6.54 Å². The van der Waals surface area contributed by atoms with Crippen molar-refractivity contribution < 1.29 is 0 Å². The molecule has 1 saturated carbocycles. The summed E-state index contributed by atoms with van der Waals surface area (Å²) in [6, 6.07) is 0.569. The summed E-state index contributed by atoms with van der Waals surface area (Å²) in [5.41, 5.74) is 0.977. The molecule has 1 N–H and O–H groups in total. The maximum Gasteiger partial charge on any atom is 0.283 e. The van der Waals surface area contributed by atoms with Crippen LogP contribution in [0.4, 0.5) is 5.69 Å². The van der Waals surface area contributed by atoms with Gasteiger partial charge in [0.25, 0.3) is 5.56 Å². The van der Waals surface area contributed by atoms with E-state index in [-0.39, 0.29) is 5.56 Å². The molecule has 3 aliphatic rings. The zero-order valence-electron chi connectivity index (χ0n) is 12.1. The van der Waals surface area contributed by atoms with Crippen LogP contribution in [0.25, 0.3) is 0 Å². The van der Waals surface area contributed by atoms with Gasteiger partial charge in [0.1, 0.15) is 4.47 Å². The number of nitrogens with zero attached hydrogens (tertiary/aromatic N) is 3. The molecule has 1 aromatic rings. The number of anilines is 1. The van der Waals surface area contributed by atoms with E-state index in [0.717, 1.165) is 31.9 Å². The molecule has 21 heavy (non-hydrogen) atoms. The normalized spacial score (nSPS) is 28.7. The van der Waals surface area contributed by atoms with Gasteiger partial charge in [-0.05, 0) is 60.0 Å². The van der Waals surface area contributed by atoms with Crippen LogP contribution in [0.1, 0.15) is 25.7 Å². The summed E-state index contributed by atoms with van der Waals surface area (Å²) in [7, 11) is 0. The van der Waals surface area contributed by atoms with Gasteiger partial charge in [-0.15, -0.1) is 0 Å². The van der Waals surface area contributed by atoms with E-state index in [2.05, 4.69) is 31.2 Å². The molecule has 0 unspecified atom stereocenters. The van der Waals surface area contributed by atoms with E-state index >= 15 is 0 Å². The first-order valence-corrected chi connectivity index (χ1v) is 8.75. The van der Waals surface area contributed by atoms with Crippen molar-refractivity contribution in [1.82, 2.24) is 15.1 Å². The molecule has 6 heteroatoms. The minimum absolute atomic E-state index is 0.0160. The molecule has 5 nitrogen and oxygen atoms in total. The Kier molecular flexibility index (Phi) is 3.53. The van der Waals surface area contributed by atoms with Crippen molar-refractivity contribution in [2.45, 2.75) is 38.3 Å². The minimum atomic E-state index is 0.0160. The van der Waals surface area contributed by atoms with Gasteiger partial charge in [0.05, 0.1) is 11.9 Å². The maximum absolute atomic E-state index is 12.4. The Morgan fingerprint density at radius 3 is 2.95 bits per heavy atom. The van der Waals surface area contributed by atoms with Crippen molar-refractivity contribution in [3.63, 3.8) is 0 Å². The zero-order valence-corrected chi connectivity index (χ0v) is 13.7. The van der Waals surface area contributed by atoms with Gasteiger partial charge in [-0.1, -0.05) is 0 Å². The highest BCUT2D eigenvalue weighted by molar-refractivity contribution is 9.10. The largest absolute Gasteiger partial charge is 0.367 e. The van der Waals surface area contributed by atoms with Crippen LogP contribution in [-0.4, -0.2) is 35.5 Å². The first-order valence-electron chi connectivity index (χ1n) is 7.96. The summed E-state index contributed by atoms with van der Waals surface area (Å²) < 4.78 is 2.30. The lowest BCUT2D eigenvalue weighted by atomic mass is 9.94. The SMILES string of the molecule is O=c1c(Br)c(N2C[C@@H]3CCCN[C@@H]3C2)cnn1CC1CC1. The number of fused-ring (bicyclic) bond motifs is 1. The molecule has 0 aromatic carbocycles. The van der Waals surface area contributed by atoms with Crippen LogP contribution in [0.5, 0.6) is 0 Å². The fourth-order valence-electron chi connectivity index (χ4n) is 3.60. The number of halogens is 1. The van der Waals surface area contributed by atoms with Gasteiger partial charge in [-0.25, -0.2) is 4.68 Å². The van der Waals surface area contributed by atoms with E-state index < -0.39 is 0 Å². The van der Waals surface area contributed by atoms with Crippen molar-refractivity contribution in [2.75, 3.05) is 24.5 Å². The number of rotatable bonds is 3. The van der Waals surface area contributed by atoms with Crippen molar-refractivity contribution in [1.29, 1.82) is 0 Å². The average molecular weight is 353 g/mol. The van der Waals surface area contributed by atoms with E-state index in [1.807, 2.05) is 6.20 Å². The lowest BCUT2D eigenvalue weighted by Crippen LogP contribution is -2.40. The van der Waals surface area contributed by atoms with Gasteiger partial charge in [0.2, 0.25) is 0 Å². The fraction of sp³-hybridized carbons (Fsp3) is 0.733. The Labute approximate surface area is 132 Å². The quantitative estimate of drug-likeness (QED) is 0.897. The first kappa shape index (κ1) is 13.8. The number of hydrogen-bond acceptors (Lipinski definition) is 4. The van der Waals surface area contributed by atoms with E-state index in [0.29, 0.717) is 22.4 Å². The highest BCUT2D eigenvalue weighted by atomic mass is 79.9. The molecule has 1 aromatic heterocycles. The molecular weight excluding hydrogens is 332 g/mol. The van der Waals surface area contributed by atoms with Crippen molar-refractivity contribution in [3.05, 3.63) is 21.0 Å². The van der Waals surface area contributed by atoms with Crippen LogP contribution in [0.15, 0.2) is 15.5 Å². The van der Waals surface area contributed by atoms with E-state index in [4.69, 9.17) is 0 Å². The van der Waals surface area contributed by atoms with Crippen LogP contribution in [0, 0.1) is 11.8 Å². The Balaban J connectivity index is 1.57.